The van der Waals surface area contributed by atoms with Crippen LogP contribution in [0.25, 0.3) is 0 Å². The number of anilines is 1. The van der Waals surface area contributed by atoms with Gasteiger partial charge in [-0.2, -0.15) is 0 Å². The number of benzene rings is 1. The quantitative estimate of drug-likeness (QED) is 0.317. The van der Waals surface area contributed by atoms with E-state index in [2.05, 4.69) is 0 Å². The van der Waals surface area contributed by atoms with Crippen LogP contribution in [-0.2, 0) is 0 Å². The molecule has 2 amide bonds. The highest BCUT2D eigenvalue weighted by atomic mass is 35.5. The number of thiocarbonyl (C=S) groups is 1. The standard InChI is InChI=1S/C13H13Cl3FN3O2S/c1-7(6-23)11-18(13(21)20(17)19(11)12(15)16)8-3-4-10(22-2)9(14)5-8/h3-7,11-12H,1-2H3. The van der Waals surface area contributed by atoms with E-state index >= 15 is 0 Å². The van der Waals surface area contributed by atoms with Crippen molar-refractivity contribution in [1.29, 1.82) is 0 Å². The lowest BCUT2D eigenvalue weighted by Crippen LogP contribution is -2.47. The van der Waals surface area contributed by atoms with E-state index in [-0.39, 0.29) is 10.3 Å². The molecule has 0 aromatic heterocycles. The zero-order valence-corrected chi connectivity index (χ0v) is 15.2. The number of carbonyl (C=O) groups is 1. The Kier molecular flexibility index (Phi) is 5.91. The first-order chi connectivity index (χ1) is 10.8. The Morgan fingerprint density at radius 2 is 2.09 bits per heavy atom. The Hall–Kier alpha value is -0.860. The lowest BCUT2D eigenvalue weighted by molar-refractivity contribution is -0.115. The van der Waals surface area contributed by atoms with Gasteiger partial charge in [-0.3, -0.25) is 4.90 Å². The van der Waals surface area contributed by atoms with Gasteiger partial charge in [-0.1, -0.05) is 63.7 Å². The maximum Gasteiger partial charge on any atom is 0.369 e. The van der Waals surface area contributed by atoms with Crippen LogP contribution in [0.4, 0.5) is 15.0 Å². The van der Waals surface area contributed by atoms with Crippen LogP contribution < -0.4 is 9.64 Å². The van der Waals surface area contributed by atoms with Crippen LogP contribution in [-0.4, -0.2) is 39.9 Å². The third kappa shape index (κ3) is 3.34. The number of ether oxygens (including phenoxy) is 1. The lowest BCUT2D eigenvalue weighted by atomic mass is 10.1. The van der Waals surface area contributed by atoms with Crippen LogP contribution in [0, 0.1) is 5.92 Å². The number of hydrogen-bond acceptors (Lipinski definition) is 4. The number of rotatable bonds is 5. The Balaban J connectivity index is 2.51. The molecule has 0 spiro atoms. The summed E-state index contributed by atoms with van der Waals surface area (Å²) in [7, 11) is 1.47. The van der Waals surface area contributed by atoms with Crippen molar-refractivity contribution < 1.29 is 14.0 Å². The van der Waals surface area contributed by atoms with E-state index in [4.69, 9.17) is 51.8 Å². The molecule has 1 aromatic rings. The molecule has 0 saturated carbocycles. The molecule has 0 radical (unpaired) electrons. The molecule has 0 N–H and O–H groups in total. The molecule has 126 valence electrons. The zero-order valence-electron chi connectivity index (χ0n) is 12.1. The molecule has 1 aromatic carbocycles. The van der Waals surface area contributed by atoms with E-state index in [9.17, 15) is 9.28 Å². The van der Waals surface area contributed by atoms with Gasteiger partial charge in [0.05, 0.1) is 12.1 Å². The van der Waals surface area contributed by atoms with Gasteiger partial charge >= 0.3 is 6.03 Å². The maximum atomic E-state index is 14.3. The fraction of sp³-hybridized carbons (Fsp3) is 0.385. The van der Waals surface area contributed by atoms with Crippen molar-refractivity contribution in [3.8, 4) is 5.75 Å². The molecule has 0 aliphatic carbocycles. The van der Waals surface area contributed by atoms with Crippen molar-refractivity contribution in [2.24, 2.45) is 5.92 Å². The highest BCUT2D eigenvalue weighted by Gasteiger charge is 2.50. The third-order valence-electron chi connectivity index (χ3n) is 3.40. The molecule has 10 heteroatoms. The van der Waals surface area contributed by atoms with Crippen molar-refractivity contribution in [2.75, 3.05) is 12.0 Å². The van der Waals surface area contributed by atoms with E-state index in [1.54, 1.807) is 19.1 Å². The Labute approximate surface area is 153 Å². The molecule has 5 nitrogen and oxygen atoms in total. The topological polar surface area (TPSA) is 36.0 Å². The lowest BCUT2D eigenvalue weighted by Gasteiger charge is -2.31. The average Bonchev–Trinajstić information content (AvgIpc) is 2.78. The van der Waals surface area contributed by atoms with E-state index in [1.807, 2.05) is 0 Å². The van der Waals surface area contributed by atoms with E-state index < -0.39 is 23.1 Å². The number of nitrogens with zero attached hydrogens (tertiary/aromatic N) is 3. The number of methoxy groups -OCH3 is 1. The third-order valence-corrected chi connectivity index (χ3v) is 4.53. The second kappa shape index (κ2) is 7.36. The number of carbonyl (C=O) groups excluding carboxylic acids is 1. The van der Waals surface area contributed by atoms with Crippen LogP contribution in [0.2, 0.25) is 5.02 Å². The fourth-order valence-corrected chi connectivity index (χ4v) is 3.11. The van der Waals surface area contributed by atoms with E-state index in [0.29, 0.717) is 11.4 Å². The van der Waals surface area contributed by atoms with Crippen LogP contribution in [0.5, 0.6) is 5.75 Å². The van der Waals surface area contributed by atoms with Gasteiger partial charge in [-0.25, -0.2) is 4.79 Å². The molecule has 2 atom stereocenters. The molecular weight excluding hydrogens is 388 g/mol. The summed E-state index contributed by atoms with van der Waals surface area (Å²) < 4.78 is 19.3. The van der Waals surface area contributed by atoms with Gasteiger partial charge in [0, 0.05) is 11.6 Å². The number of halogens is 4. The van der Waals surface area contributed by atoms with Crippen molar-refractivity contribution in [2.45, 2.75) is 18.0 Å². The van der Waals surface area contributed by atoms with Crippen LogP contribution in [0.1, 0.15) is 6.92 Å². The van der Waals surface area contributed by atoms with Gasteiger partial charge in [0.2, 0.25) is 0 Å². The van der Waals surface area contributed by atoms with Crippen molar-refractivity contribution in [3.63, 3.8) is 0 Å². The molecule has 2 rings (SSSR count). The molecule has 1 fully saturated rings. The minimum absolute atomic E-state index is 0.122. The van der Waals surface area contributed by atoms with Crippen LogP contribution >= 0.6 is 47.0 Å². The van der Waals surface area contributed by atoms with Crippen molar-refractivity contribution in [1.82, 2.24) is 10.2 Å². The van der Waals surface area contributed by atoms with Gasteiger partial charge in [0.15, 0.2) is 4.96 Å². The summed E-state index contributed by atoms with van der Waals surface area (Å²) >= 11 is 22.6. The van der Waals surface area contributed by atoms with Crippen molar-refractivity contribution in [3.05, 3.63) is 23.2 Å². The highest BCUT2D eigenvalue weighted by molar-refractivity contribution is 7.79. The highest BCUT2D eigenvalue weighted by Crippen LogP contribution is 2.38. The van der Waals surface area contributed by atoms with Gasteiger partial charge in [-0.15, -0.1) is 5.01 Å². The first-order valence-electron chi connectivity index (χ1n) is 6.47. The van der Waals surface area contributed by atoms with Gasteiger partial charge < -0.3 is 4.74 Å². The minimum Gasteiger partial charge on any atom is -0.495 e. The number of amides is 2. The summed E-state index contributed by atoms with van der Waals surface area (Å²) in [6.07, 6.45) is -0.825. The predicted molar refractivity (Wildman–Crippen MR) is 92.8 cm³/mol. The average molecular weight is 401 g/mol. The molecule has 0 bridgehead atoms. The SMILES string of the molecule is COc1ccc(N2C(=O)N(F)N(C(Cl)Cl)C2C(C)C=S)cc1Cl. The number of hydrogen-bond donors (Lipinski definition) is 0. The summed E-state index contributed by atoms with van der Waals surface area (Å²) in [5.74, 6) is 0.0404. The first-order valence-corrected chi connectivity index (χ1v) is 8.20. The van der Waals surface area contributed by atoms with Gasteiger partial charge in [0.1, 0.15) is 11.9 Å². The second-order valence-electron chi connectivity index (χ2n) is 4.80. The van der Waals surface area contributed by atoms with Crippen molar-refractivity contribution >= 4 is 64.1 Å². The summed E-state index contributed by atoms with van der Waals surface area (Å²) in [6, 6.07) is 3.72. The molecule has 2 unspecified atom stereocenters. The summed E-state index contributed by atoms with van der Waals surface area (Å²) in [5, 5.41) is 2.47. The summed E-state index contributed by atoms with van der Waals surface area (Å²) in [5.41, 5.74) is 0.369. The molecular formula is C13H13Cl3FN3O2S. The number of alkyl halides is 2. The van der Waals surface area contributed by atoms with E-state index in [1.165, 1.54) is 23.4 Å². The monoisotopic (exact) mass is 399 g/mol. The first kappa shape index (κ1) is 18.5. The van der Waals surface area contributed by atoms with Crippen LogP contribution in [0.3, 0.4) is 0 Å². The molecule has 1 aliphatic rings. The minimum atomic E-state index is -1.27. The van der Waals surface area contributed by atoms with Gasteiger partial charge in [0.25, 0.3) is 0 Å². The molecule has 1 saturated heterocycles. The molecule has 1 aliphatic heterocycles. The Bertz CT molecular complexity index is 622. The molecule has 1 heterocycles. The number of urea groups is 1. The Morgan fingerprint density at radius 3 is 2.57 bits per heavy atom. The zero-order chi connectivity index (χ0) is 17.3. The second-order valence-corrected chi connectivity index (χ2v) is 6.53. The predicted octanol–water partition coefficient (Wildman–Crippen LogP) is 4.42. The maximum absolute atomic E-state index is 14.3. The molecule has 23 heavy (non-hydrogen) atoms. The summed E-state index contributed by atoms with van der Waals surface area (Å²) in [6.45, 7) is 1.73. The fourth-order valence-electron chi connectivity index (χ4n) is 2.33. The summed E-state index contributed by atoms with van der Waals surface area (Å²) in [4.78, 5) is 12.2. The van der Waals surface area contributed by atoms with Crippen LogP contribution in [0.15, 0.2) is 18.2 Å². The number of hydrazine groups is 1. The smallest absolute Gasteiger partial charge is 0.369 e. The largest absolute Gasteiger partial charge is 0.495 e. The van der Waals surface area contributed by atoms with E-state index in [0.717, 1.165) is 5.01 Å². The Morgan fingerprint density at radius 1 is 1.43 bits per heavy atom. The van der Waals surface area contributed by atoms with Gasteiger partial charge in [-0.05, 0) is 23.6 Å². The normalized spacial score (nSPS) is 20.3.